The fourth-order valence-electron chi connectivity index (χ4n) is 2.66. The molecule has 1 aromatic carbocycles. The van der Waals surface area contributed by atoms with Gasteiger partial charge in [0.15, 0.2) is 0 Å². The van der Waals surface area contributed by atoms with Crippen LogP contribution in [0.3, 0.4) is 0 Å². The molecule has 0 unspecified atom stereocenters. The van der Waals surface area contributed by atoms with Crippen LogP contribution in [0.15, 0.2) is 30.3 Å². The van der Waals surface area contributed by atoms with E-state index in [1.165, 1.54) is 70.6 Å². The Hall–Kier alpha value is -1.06. The molecule has 0 aliphatic rings. The van der Waals surface area contributed by atoms with E-state index in [0.29, 0.717) is 0 Å². The number of anilines is 1. The molecule has 1 rings (SSSR count). The monoisotopic (exact) mass is 364 g/mol. The fourth-order valence-corrected chi connectivity index (χ4v) is 2.66. The Morgan fingerprint density at radius 2 is 1.15 bits per heavy atom. The third kappa shape index (κ3) is 19.3. The third-order valence-electron chi connectivity index (χ3n) is 4.35. The van der Waals surface area contributed by atoms with Gasteiger partial charge in [-0.1, -0.05) is 103 Å². The summed E-state index contributed by atoms with van der Waals surface area (Å²) in [5, 5.41) is 0. The van der Waals surface area contributed by atoms with E-state index in [4.69, 9.17) is 10.6 Å². The van der Waals surface area contributed by atoms with Crippen molar-refractivity contribution in [1.82, 2.24) is 0 Å². The Labute approximate surface area is 163 Å². The molecule has 3 heteroatoms. The fraction of sp³-hybridized carbons (Fsp3) is 0.739. The van der Waals surface area contributed by atoms with Crippen molar-refractivity contribution < 1.29 is 4.84 Å². The van der Waals surface area contributed by atoms with Crippen LogP contribution >= 0.6 is 0 Å². The summed E-state index contributed by atoms with van der Waals surface area (Å²) in [6.07, 6.45) is 17.6. The van der Waals surface area contributed by atoms with Crippen LogP contribution in [0.5, 0.6) is 0 Å². The van der Waals surface area contributed by atoms with Crippen LogP contribution < -0.4 is 11.2 Å². The van der Waals surface area contributed by atoms with E-state index in [1.807, 2.05) is 30.3 Å². The standard InChI is InChI=1S/C20H35NO.C3H9N/c1-2-3-4-5-6-7-8-9-10-11-12-16-19-22-21-20-17-14-13-15-18-20;1-2-3-4/h13-15,17-18,21H,2-12,16,19H2,1H3;2-4H2,1H3. The number of para-hydroxylation sites is 1. The van der Waals surface area contributed by atoms with Crippen LogP contribution in [0, 0.1) is 0 Å². The zero-order valence-electron chi connectivity index (χ0n) is 17.5. The Bertz CT molecular complexity index is 354. The van der Waals surface area contributed by atoms with Gasteiger partial charge in [-0.3, -0.25) is 10.3 Å². The van der Waals surface area contributed by atoms with Crippen LogP contribution in [0.1, 0.15) is 97.3 Å². The maximum absolute atomic E-state index is 5.46. The average Bonchev–Trinajstić information content (AvgIpc) is 2.69. The van der Waals surface area contributed by atoms with Crippen molar-refractivity contribution in [1.29, 1.82) is 0 Å². The Balaban J connectivity index is 0.00000141. The second-order valence-electron chi connectivity index (χ2n) is 6.99. The van der Waals surface area contributed by atoms with Crippen molar-refractivity contribution in [3.8, 4) is 0 Å². The molecule has 0 saturated carbocycles. The van der Waals surface area contributed by atoms with Crippen molar-refractivity contribution in [3.63, 3.8) is 0 Å². The molecule has 0 amide bonds. The second-order valence-corrected chi connectivity index (χ2v) is 6.99. The minimum atomic E-state index is 0.798. The molecule has 3 nitrogen and oxygen atoms in total. The van der Waals surface area contributed by atoms with Gasteiger partial charge in [-0.05, 0) is 31.5 Å². The summed E-state index contributed by atoms with van der Waals surface area (Å²) in [6, 6.07) is 10.1. The van der Waals surface area contributed by atoms with Gasteiger partial charge in [0.2, 0.25) is 0 Å². The number of benzene rings is 1. The maximum Gasteiger partial charge on any atom is 0.0746 e. The lowest BCUT2D eigenvalue weighted by Gasteiger charge is -2.06. The van der Waals surface area contributed by atoms with Crippen molar-refractivity contribution >= 4 is 5.69 Å². The Morgan fingerprint density at radius 3 is 1.62 bits per heavy atom. The minimum absolute atomic E-state index is 0.798. The first kappa shape index (κ1) is 24.9. The average molecular weight is 365 g/mol. The third-order valence-corrected chi connectivity index (χ3v) is 4.35. The predicted molar refractivity (Wildman–Crippen MR) is 116 cm³/mol. The van der Waals surface area contributed by atoms with Crippen LogP contribution in [0.25, 0.3) is 0 Å². The summed E-state index contributed by atoms with van der Waals surface area (Å²) in [4.78, 5) is 5.46. The van der Waals surface area contributed by atoms with E-state index >= 15 is 0 Å². The highest BCUT2D eigenvalue weighted by Crippen LogP contribution is 2.12. The number of hydrogen-bond donors (Lipinski definition) is 2. The second kappa shape index (κ2) is 22.0. The quantitative estimate of drug-likeness (QED) is 0.243. The van der Waals surface area contributed by atoms with Gasteiger partial charge in [-0.15, -0.1) is 0 Å². The first-order valence-corrected chi connectivity index (χ1v) is 11.0. The van der Waals surface area contributed by atoms with E-state index in [2.05, 4.69) is 19.3 Å². The first-order valence-electron chi connectivity index (χ1n) is 11.0. The molecule has 0 aliphatic heterocycles. The molecule has 0 aliphatic carbocycles. The molecule has 0 atom stereocenters. The van der Waals surface area contributed by atoms with Crippen molar-refractivity contribution in [2.75, 3.05) is 18.6 Å². The Kier molecular flexibility index (Phi) is 21.1. The van der Waals surface area contributed by atoms with E-state index in [9.17, 15) is 0 Å². The maximum atomic E-state index is 5.46. The van der Waals surface area contributed by atoms with Crippen LogP contribution in [-0.4, -0.2) is 13.2 Å². The summed E-state index contributed by atoms with van der Waals surface area (Å²) < 4.78 is 0. The SMILES string of the molecule is CCCCCCCCCCCCCCONc1ccccc1.CCCN. The van der Waals surface area contributed by atoms with Crippen LogP contribution in [-0.2, 0) is 4.84 Å². The number of unbranched alkanes of at least 4 members (excludes halogenated alkanes) is 11. The van der Waals surface area contributed by atoms with Crippen molar-refractivity contribution in [3.05, 3.63) is 30.3 Å². The topological polar surface area (TPSA) is 47.3 Å². The number of hydrogen-bond acceptors (Lipinski definition) is 3. The van der Waals surface area contributed by atoms with Gasteiger partial charge in [0.05, 0.1) is 12.3 Å². The lowest BCUT2D eigenvalue weighted by Crippen LogP contribution is -2.02. The summed E-state index contributed by atoms with van der Waals surface area (Å²) in [5.74, 6) is 0. The molecule has 0 saturated heterocycles. The lowest BCUT2D eigenvalue weighted by molar-refractivity contribution is 0.187. The van der Waals surface area contributed by atoms with E-state index < -0.39 is 0 Å². The molecule has 3 N–H and O–H groups in total. The molecule has 26 heavy (non-hydrogen) atoms. The van der Waals surface area contributed by atoms with Crippen LogP contribution in [0.2, 0.25) is 0 Å². The molecule has 0 aromatic heterocycles. The molecule has 0 spiro atoms. The molecule has 1 aromatic rings. The minimum Gasteiger partial charge on any atom is -0.330 e. The molecule has 0 fully saturated rings. The van der Waals surface area contributed by atoms with Gasteiger partial charge in [-0.25, -0.2) is 0 Å². The van der Waals surface area contributed by atoms with E-state index in [1.54, 1.807) is 0 Å². The molecular weight excluding hydrogens is 320 g/mol. The van der Waals surface area contributed by atoms with Gasteiger partial charge in [0.25, 0.3) is 0 Å². The predicted octanol–water partition coefficient (Wildman–Crippen LogP) is 7.09. The van der Waals surface area contributed by atoms with Gasteiger partial charge in [-0.2, -0.15) is 0 Å². The largest absolute Gasteiger partial charge is 0.330 e. The summed E-state index contributed by atoms with van der Waals surface area (Å²) in [6.45, 7) is 5.95. The van der Waals surface area contributed by atoms with Gasteiger partial charge >= 0.3 is 0 Å². The molecule has 0 radical (unpaired) electrons. The van der Waals surface area contributed by atoms with Gasteiger partial charge in [0, 0.05) is 0 Å². The highest BCUT2D eigenvalue weighted by Gasteiger charge is 1.94. The van der Waals surface area contributed by atoms with Gasteiger partial charge < -0.3 is 5.73 Å². The highest BCUT2D eigenvalue weighted by atomic mass is 16.6. The van der Waals surface area contributed by atoms with Crippen molar-refractivity contribution in [2.45, 2.75) is 97.3 Å². The number of nitrogens with two attached hydrogens (primary N) is 1. The lowest BCUT2D eigenvalue weighted by atomic mass is 10.1. The zero-order valence-corrected chi connectivity index (χ0v) is 17.5. The zero-order chi connectivity index (χ0) is 19.1. The normalized spacial score (nSPS) is 10.3. The summed E-state index contributed by atoms with van der Waals surface area (Å²) in [5.41, 5.74) is 9.04. The molecule has 0 heterocycles. The Morgan fingerprint density at radius 1 is 0.692 bits per heavy atom. The molecule has 0 bridgehead atoms. The molecular formula is C23H44N2O. The molecule has 152 valence electrons. The number of nitrogens with one attached hydrogen (secondary N) is 1. The number of rotatable bonds is 16. The van der Waals surface area contributed by atoms with Crippen molar-refractivity contribution in [2.24, 2.45) is 5.73 Å². The van der Waals surface area contributed by atoms with E-state index in [0.717, 1.165) is 31.7 Å². The van der Waals surface area contributed by atoms with Crippen LogP contribution in [0.4, 0.5) is 5.69 Å². The van der Waals surface area contributed by atoms with Gasteiger partial charge in [0.1, 0.15) is 0 Å². The van der Waals surface area contributed by atoms with E-state index in [-0.39, 0.29) is 0 Å². The smallest absolute Gasteiger partial charge is 0.0746 e. The highest BCUT2D eigenvalue weighted by molar-refractivity contribution is 5.39. The summed E-state index contributed by atoms with van der Waals surface area (Å²) >= 11 is 0. The first-order chi connectivity index (χ1) is 12.8. The summed E-state index contributed by atoms with van der Waals surface area (Å²) in [7, 11) is 0.